The van der Waals surface area contributed by atoms with E-state index in [1.165, 1.54) is 57.8 Å². The third kappa shape index (κ3) is 2.51. The van der Waals surface area contributed by atoms with Gasteiger partial charge in [0.25, 0.3) is 0 Å². The molecule has 1 nitrogen and oxygen atoms in total. The van der Waals surface area contributed by atoms with Crippen LogP contribution in [0, 0.1) is 11.8 Å². The maximum Gasteiger partial charge on any atom is -0.00716 e. The molecule has 2 aliphatic carbocycles. The molecular weight excluding hydrogens is 194 g/mol. The number of rotatable bonds is 6. The quantitative estimate of drug-likeness (QED) is 0.673. The standard InChI is InChI=1S/C15H27N/c1-2-5-12(10-11-16)15(13-6-3-7-13)14-8-4-9-14/h12-13H,2-11,16H2,1H3/t12-/m0/s1. The van der Waals surface area contributed by atoms with Crippen molar-refractivity contribution in [3.05, 3.63) is 11.1 Å². The summed E-state index contributed by atoms with van der Waals surface area (Å²) in [5.74, 6) is 1.79. The Morgan fingerprint density at radius 2 is 2.00 bits per heavy atom. The van der Waals surface area contributed by atoms with Crippen molar-refractivity contribution >= 4 is 0 Å². The minimum atomic E-state index is 0.829. The fourth-order valence-electron chi connectivity index (χ4n) is 3.28. The van der Waals surface area contributed by atoms with Crippen LogP contribution in [0.3, 0.4) is 0 Å². The van der Waals surface area contributed by atoms with Gasteiger partial charge in [0.05, 0.1) is 0 Å². The average Bonchev–Trinajstić information content (AvgIpc) is 2.11. The van der Waals surface area contributed by atoms with Crippen LogP contribution in [-0.2, 0) is 0 Å². The van der Waals surface area contributed by atoms with Crippen LogP contribution >= 0.6 is 0 Å². The summed E-state index contributed by atoms with van der Waals surface area (Å²) in [6, 6.07) is 0. The minimum Gasteiger partial charge on any atom is -0.330 e. The van der Waals surface area contributed by atoms with Crippen molar-refractivity contribution in [2.45, 2.75) is 64.7 Å². The predicted octanol–water partition coefficient (Wildman–Crippen LogP) is 4.03. The molecule has 0 unspecified atom stereocenters. The molecule has 0 spiro atoms. The molecule has 92 valence electrons. The summed E-state index contributed by atoms with van der Waals surface area (Å²) in [5.41, 5.74) is 9.50. The van der Waals surface area contributed by atoms with Gasteiger partial charge in [-0.15, -0.1) is 0 Å². The van der Waals surface area contributed by atoms with Gasteiger partial charge >= 0.3 is 0 Å². The second-order valence-electron chi connectivity index (χ2n) is 5.60. The van der Waals surface area contributed by atoms with Crippen LogP contribution in [0.5, 0.6) is 0 Å². The summed E-state index contributed by atoms with van der Waals surface area (Å²) in [5, 5.41) is 0. The maximum absolute atomic E-state index is 5.79. The zero-order chi connectivity index (χ0) is 11.4. The van der Waals surface area contributed by atoms with Crippen LogP contribution in [0.2, 0.25) is 0 Å². The van der Waals surface area contributed by atoms with Crippen molar-refractivity contribution in [3.63, 3.8) is 0 Å². The van der Waals surface area contributed by atoms with Crippen molar-refractivity contribution in [1.29, 1.82) is 0 Å². The Labute approximate surface area is 100 Å². The Morgan fingerprint density at radius 1 is 1.25 bits per heavy atom. The maximum atomic E-state index is 5.79. The first-order valence-electron chi connectivity index (χ1n) is 7.28. The highest BCUT2D eigenvalue weighted by Crippen LogP contribution is 2.45. The number of nitrogens with two attached hydrogens (primary N) is 1. The molecule has 0 radical (unpaired) electrons. The number of allylic oxidation sites excluding steroid dienone is 2. The Morgan fingerprint density at radius 3 is 2.38 bits per heavy atom. The van der Waals surface area contributed by atoms with Gasteiger partial charge in [-0.1, -0.05) is 30.9 Å². The van der Waals surface area contributed by atoms with E-state index >= 15 is 0 Å². The molecule has 16 heavy (non-hydrogen) atoms. The SMILES string of the molecule is CCC[C@@H](CCN)C(=C1CCC1)C1CCC1. The van der Waals surface area contributed by atoms with Crippen LogP contribution in [-0.4, -0.2) is 6.54 Å². The van der Waals surface area contributed by atoms with Crippen molar-refractivity contribution in [1.82, 2.24) is 0 Å². The molecule has 0 aromatic heterocycles. The van der Waals surface area contributed by atoms with Gasteiger partial charge in [-0.05, 0) is 63.3 Å². The predicted molar refractivity (Wildman–Crippen MR) is 70.3 cm³/mol. The zero-order valence-corrected chi connectivity index (χ0v) is 10.8. The molecule has 2 fully saturated rings. The van der Waals surface area contributed by atoms with Gasteiger partial charge in [0.2, 0.25) is 0 Å². The van der Waals surface area contributed by atoms with E-state index in [4.69, 9.17) is 5.73 Å². The van der Waals surface area contributed by atoms with E-state index in [0.717, 1.165) is 18.4 Å². The molecule has 0 heterocycles. The van der Waals surface area contributed by atoms with E-state index in [-0.39, 0.29) is 0 Å². The summed E-state index contributed by atoms with van der Waals surface area (Å²) >= 11 is 0. The molecule has 0 bridgehead atoms. The summed E-state index contributed by atoms with van der Waals surface area (Å²) in [7, 11) is 0. The van der Waals surface area contributed by atoms with Crippen molar-refractivity contribution in [2.24, 2.45) is 17.6 Å². The molecule has 2 rings (SSSR count). The molecule has 0 aromatic carbocycles. The van der Waals surface area contributed by atoms with Gasteiger partial charge in [-0.3, -0.25) is 0 Å². The molecule has 1 atom stereocenters. The lowest BCUT2D eigenvalue weighted by atomic mass is 9.68. The van der Waals surface area contributed by atoms with Gasteiger partial charge in [0.1, 0.15) is 0 Å². The molecule has 2 saturated carbocycles. The molecule has 2 N–H and O–H groups in total. The second-order valence-corrected chi connectivity index (χ2v) is 5.60. The fourth-order valence-corrected chi connectivity index (χ4v) is 3.28. The largest absolute Gasteiger partial charge is 0.330 e. The topological polar surface area (TPSA) is 26.0 Å². The highest BCUT2D eigenvalue weighted by Gasteiger charge is 2.30. The Kier molecular flexibility index (Phi) is 4.45. The first-order chi connectivity index (χ1) is 7.86. The Balaban J connectivity index is 2.08. The third-order valence-corrected chi connectivity index (χ3v) is 4.50. The Hall–Kier alpha value is -0.300. The average molecular weight is 221 g/mol. The second kappa shape index (κ2) is 5.86. The monoisotopic (exact) mass is 221 g/mol. The summed E-state index contributed by atoms with van der Waals surface area (Å²) in [6.07, 6.45) is 12.5. The van der Waals surface area contributed by atoms with Crippen molar-refractivity contribution in [3.8, 4) is 0 Å². The van der Waals surface area contributed by atoms with E-state index in [2.05, 4.69) is 6.92 Å². The number of hydrogen-bond acceptors (Lipinski definition) is 1. The van der Waals surface area contributed by atoms with Gasteiger partial charge in [0, 0.05) is 0 Å². The third-order valence-electron chi connectivity index (χ3n) is 4.50. The van der Waals surface area contributed by atoms with E-state index in [0.29, 0.717) is 0 Å². The van der Waals surface area contributed by atoms with Crippen LogP contribution in [0.25, 0.3) is 0 Å². The van der Waals surface area contributed by atoms with Gasteiger partial charge < -0.3 is 5.73 Å². The van der Waals surface area contributed by atoms with Crippen LogP contribution < -0.4 is 5.73 Å². The first kappa shape index (κ1) is 12.2. The van der Waals surface area contributed by atoms with Crippen molar-refractivity contribution in [2.75, 3.05) is 6.54 Å². The van der Waals surface area contributed by atoms with Gasteiger partial charge in [-0.2, -0.15) is 0 Å². The van der Waals surface area contributed by atoms with E-state index < -0.39 is 0 Å². The molecule has 2 aliphatic rings. The van der Waals surface area contributed by atoms with Crippen LogP contribution in [0.4, 0.5) is 0 Å². The first-order valence-corrected chi connectivity index (χ1v) is 7.28. The Bertz CT molecular complexity index is 238. The summed E-state index contributed by atoms with van der Waals surface area (Å²) in [4.78, 5) is 0. The lowest BCUT2D eigenvalue weighted by molar-refractivity contribution is 0.313. The lowest BCUT2D eigenvalue weighted by Crippen LogP contribution is -2.25. The molecule has 0 amide bonds. The molecule has 0 aliphatic heterocycles. The highest BCUT2D eigenvalue weighted by atomic mass is 14.5. The van der Waals surface area contributed by atoms with Gasteiger partial charge in [-0.25, -0.2) is 0 Å². The van der Waals surface area contributed by atoms with Crippen LogP contribution in [0.1, 0.15) is 64.7 Å². The van der Waals surface area contributed by atoms with E-state index in [1.807, 2.05) is 11.1 Å². The fraction of sp³-hybridized carbons (Fsp3) is 0.867. The van der Waals surface area contributed by atoms with E-state index in [1.54, 1.807) is 0 Å². The lowest BCUT2D eigenvalue weighted by Gasteiger charge is -2.38. The molecule has 0 aromatic rings. The van der Waals surface area contributed by atoms with Gasteiger partial charge in [0.15, 0.2) is 0 Å². The normalized spacial score (nSPS) is 22.5. The highest BCUT2D eigenvalue weighted by molar-refractivity contribution is 5.25. The van der Waals surface area contributed by atoms with Crippen molar-refractivity contribution < 1.29 is 0 Å². The minimum absolute atomic E-state index is 0.829. The number of hydrogen-bond donors (Lipinski definition) is 1. The molecular formula is C15H27N. The zero-order valence-electron chi connectivity index (χ0n) is 10.8. The summed E-state index contributed by atoms with van der Waals surface area (Å²) < 4.78 is 0. The van der Waals surface area contributed by atoms with E-state index in [9.17, 15) is 0 Å². The van der Waals surface area contributed by atoms with Crippen LogP contribution in [0.15, 0.2) is 11.1 Å². The molecule has 0 saturated heterocycles. The summed E-state index contributed by atoms with van der Waals surface area (Å²) in [6.45, 7) is 3.18. The smallest absolute Gasteiger partial charge is 0.00716 e. The molecule has 1 heteroatoms.